The number of aliphatic carboxylic acids is 1. The van der Waals surface area contributed by atoms with E-state index < -0.39 is 12.0 Å². The van der Waals surface area contributed by atoms with Crippen LogP contribution in [-0.2, 0) is 4.79 Å². The van der Waals surface area contributed by atoms with Gasteiger partial charge in [0.25, 0.3) is 0 Å². The molecule has 0 heterocycles. The zero-order valence-electron chi connectivity index (χ0n) is 11.1. The number of hydrogen-bond acceptors (Lipinski definition) is 3. The minimum absolute atomic E-state index is 0.254. The molecule has 0 bridgehead atoms. The molecule has 6 nitrogen and oxygen atoms in total. The van der Waals surface area contributed by atoms with Gasteiger partial charge in [-0.05, 0) is 26.4 Å². The fraction of sp³-hybridized carbons (Fsp3) is 0.818. The van der Waals surface area contributed by atoms with Gasteiger partial charge in [-0.3, -0.25) is 0 Å². The first kappa shape index (κ1) is 15.7. The van der Waals surface area contributed by atoms with Gasteiger partial charge >= 0.3 is 12.0 Å². The van der Waals surface area contributed by atoms with Crippen molar-refractivity contribution >= 4 is 12.0 Å². The maximum absolute atomic E-state index is 11.9. The van der Waals surface area contributed by atoms with Crippen LogP contribution in [0.1, 0.15) is 19.8 Å². The molecule has 0 aliphatic carbocycles. The van der Waals surface area contributed by atoms with E-state index in [1.165, 1.54) is 11.9 Å². The molecule has 2 amide bonds. The van der Waals surface area contributed by atoms with E-state index in [9.17, 15) is 9.59 Å². The third kappa shape index (κ3) is 5.04. The van der Waals surface area contributed by atoms with Crippen molar-refractivity contribution in [3.63, 3.8) is 0 Å². The van der Waals surface area contributed by atoms with Gasteiger partial charge in [-0.1, -0.05) is 6.92 Å². The normalized spacial score (nSPS) is 12.0. The Morgan fingerprint density at radius 3 is 2.35 bits per heavy atom. The summed E-state index contributed by atoms with van der Waals surface area (Å²) in [7, 11) is 5.06. The quantitative estimate of drug-likeness (QED) is 0.638. The smallest absolute Gasteiger partial charge is 0.326 e. The number of rotatable bonds is 7. The van der Waals surface area contributed by atoms with Crippen molar-refractivity contribution in [3.8, 4) is 0 Å². The molecule has 2 N–H and O–H groups in total. The van der Waals surface area contributed by atoms with Crippen molar-refractivity contribution in [2.45, 2.75) is 25.8 Å². The van der Waals surface area contributed by atoms with Gasteiger partial charge in [-0.25, -0.2) is 9.59 Å². The zero-order valence-corrected chi connectivity index (χ0v) is 11.1. The third-order valence-corrected chi connectivity index (χ3v) is 2.69. The van der Waals surface area contributed by atoms with Crippen molar-refractivity contribution in [2.24, 2.45) is 0 Å². The van der Waals surface area contributed by atoms with Gasteiger partial charge in [0.15, 0.2) is 0 Å². The van der Waals surface area contributed by atoms with E-state index >= 15 is 0 Å². The van der Waals surface area contributed by atoms with Gasteiger partial charge in [0.05, 0.1) is 0 Å². The highest BCUT2D eigenvalue weighted by Gasteiger charge is 2.26. The lowest BCUT2D eigenvalue weighted by molar-refractivity contribution is -0.142. The number of urea groups is 1. The molecule has 0 aromatic heterocycles. The van der Waals surface area contributed by atoms with Gasteiger partial charge in [0.2, 0.25) is 0 Å². The van der Waals surface area contributed by atoms with Gasteiger partial charge < -0.3 is 20.2 Å². The molecule has 17 heavy (non-hydrogen) atoms. The van der Waals surface area contributed by atoms with Gasteiger partial charge in [0, 0.05) is 20.6 Å². The molecule has 0 rings (SSSR count). The number of amides is 2. The Morgan fingerprint density at radius 2 is 1.94 bits per heavy atom. The first-order valence-corrected chi connectivity index (χ1v) is 5.81. The Labute approximate surface area is 103 Å². The average Bonchev–Trinajstić information content (AvgIpc) is 2.28. The van der Waals surface area contributed by atoms with Crippen LogP contribution in [0, 0.1) is 0 Å². The number of carboxylic acids is 1. The predicted molar refractivity (Wildman–Crippen MR) is 66.0 cm³/mol. The molecule has 6 heteroatoms. The summed E-state index contributed by atoms with van der Waals surface area (Å²) in [6, 6.07) is -1.01. The first-order valence-electron chi connectivity index (χ1n) is 5.81. The number of carboxylic acid groups (broad SMARTS) is 1. The number of nitrogens with one attached hydrogen (secondary N) is 1. The lowest BCUT2D eigenvalue weighted by Gasteiger charge is -2.28. The molecule has 0 aromatic carbocycles. The Balaban J connectivity index is 4.31. The van der Waals surface area contributed by atoms with Crippen molar-refractivity contribution < 1.29 is 14.7 Å². The van der Waals surface area contributed by atoms with E-state index in [0.29, 0.717) is 13.0 Å². The van der Waals surface area contributed by atoms with E-state index in [0.717, 1.165) is 13.0 Å². The minimum Gasteiger partial charge on any atom is -0.480 e. The van der Waals surface area contributed by atoms with E-state index in [2.05, 4.69) is 5.32 Å². The molecular weight excluding hydrogens is 222 g/mol. The number of hydrogen-bond donors (Lipinski definition) is 2. The summed E-state index contributed by atoms with van der Waals surface area (Å²) in [5.41, 5.74) is 0. The van der Waals surface area contributed by atoms with Crippen molar-refractivity contribution in [3.05, 3.63) is 0 Å². The molecule has 0 aromatic rings. The fourth-order valence-electron chi connectivity index (χ4n) is 1.61. The maximum atomic E-state index is 11.9. The summed E-state index contributed by atoms with van der Waals surface area (Å²) >= 11 is 0. The monoisotopic (exact) mass is 245 g/mol. The van der Waals surface area contributed by atoms with Crippen LogP contribution in [0.5, 0.6) is 0 Å². The standard InChI is InChI=1S/C11H23N3O3/c1-5-9(10(15)16)14(4)11(17)13(3)8-6-7-12-2/h9,12H,5-8H2,1-4H3,(H,15,16). The summed E-state index contributed by atoms with van der Waals surface area (Å²) in [5, 5.41) is 12.0. The summed E-state index contributed by atoms with van der Waals surface area (Å²) < 4.78 is 0. The molecule has 1 atom stereocenters. The number of carbonyl (C=O) groups excluding carboxylic acids is 1. The predicted octanol–water partition coefficient (Wildman–Crippen LogP) is 0.443. The number of likely N-dealkylation sites (N-methyl/N-ethyl adjacent to an activating group) is 1. The van der Waals surface area contributed by atoms with Crippen LogP contribution < -0.4 is 5.32 Å². The molecule has 0 fully saturated rings. The maximum Gasteiger partial charge on any atom is 0.326 e. The van der Waals surface area contributed by atoms with Crippen LogP contribution >= 0.6 is 0 Å². The zero-order chi connectivity index (χ0) is 13.4. The fourth-order valence-corrected chi connectivity index (χ4v) is 1.61. The summed E-state index contributed by atoms with van der Waals surface area (Å²) in [6.07, 6.45) is 1.25. The van der Waals surface area contributed by atoms with E-state index in [4.69, 9.17) is 5.11 Å². The average molecular weight is 245 g/mol. The summed E-state index contributed by atoms with van der Waals surface area (Å²) in [6.45, 7) is 3.20. The second kappa shape index (κ2) is 7.89. The molecular formula is C11H23N3O3. The molecule has 0 saturated carbocycles. The molecule has 0 radical (unpaired) electrons. The van der Waals surface area contributed by atoms with Crippen LogP contribution in [0.2, 0.25) is 0 Å². The highest BCUT2D eigenvalue weighted by Crippen LogP contribution is 2.05. The van der Waals surface area contributed by atoms with Gasteiger partial charge in [-0.15, -0.1) is 0 Å². The van der Waals surface area contributed by atoms with E-state index in [1.54, 1.807) is 18.9 Å². The van der Waals surface area contributed by atoms with Crippen molar-refractivity contribution in [1.29, 1.82) is 0 Å². The second-order valence-electron chi connectivity index (χ2n) is 4.03. The van der Waals surface area contributed by atoms with Crippen LogP contribution in [0.25, 0.3) is 0 Å². The highest BCUT2D eigenvalue weighted by atomic mass is 16.4. The Bertz CT molecular complexity index is 258. The van der Waals surface area contributed by atoms with Crippen LogP contribution in [0.4, 0.5) is 4.79 Å². The molecule has 0 spiro atoms. The van der Waals surface area contributed by atoms with Gasteiger partial charge in [-0.2, -0.15) is 0 Å². The van der Waals surface area contributed by atoms with Crippen LogP contribution in [-0.4, -0.2) is 67.2 Å². The molecule has 0 aliphatic rings. The number of carbonyl (C=O) groups is 2. The lowest BCUT2D eigenvalue weighted by atomic mass is 10.2. The number of nitrogens with zero attached hydrogens (tertiary/aromatic N) is 2. The SMILES string of the molecule is CCC(C(=O)O)N(C)C(=O)N(C)CCCNC. The Kier molecular flexibility index (Phi) is 7.29. The van der Waals surface area contributed by atoms with Crippen molar-refractivity contribution in [2.75, 3.05) is 34.2 Å². The summed E-state index contributed by atoms with van der Waals surface area (Å²) in [5.74, 6) is -0.966. The van der Waals surface area contributed by atoms with Gasteiger partial charge in [0.1, 0.15) is 6.04 Å². The largest absolute Gasteiger partial charge is 0.480 e. The third-order valence-electron chi connectivity index (χ3n) is 2.69. The molecule has 0 aliphatic heterocycles. The van der Waals surface area contributed by atoms with Crippen molar-refractivity contribution in [1.82, 2.24) is 15.1 Å². The van der Waals surface area contributed by atoms with Crippen LogP contribution in [0.3, 0.4) is 0 Å². The van der Waals surface area contributed by atoms with E-state index in [-0.39, 0.29) is 6.03 Å². The molecule has 100 valence electrons. The van der Waals surface area contributed by atoms with E-state index in [1.807, 2.05) is 7.05 Å². The molecule has 0 saturated heterocycles. The first-order chi connectivity index (χ1) is 7.95. The Hall–Kier alpha value is -1.30. The minimum atomic E-state index is -0.966. The van der Waals surface area contributed by atoms with Crippen LogP contribution in [0.15, 0.2) is 0 Å². The highest BCUT2D eigenvalue weighted by molar-refractivity contribution is 5.82. The topological polar surface area (TPSA) is 72.9 Å². The Morgan fingerprint density at radius 1 is 1.35 bits per heavy atom. The second-order valence-corrected chi connectivity index (χ2v) is 4.03. The lowest BCUT2D eigenvalue weighted by Crippen LogP contribution is -2.47. The summed E-state index contributed by atoms with van der Waals surface area (Å²) in [4.78, 5) is 25.7. The molecule has 1 unspecified atom stereocenters.